The maximum atomic E-state index is 12.8. The SMILES string of the molecule is COC1=NC2=NC(NS(=O)(=O)c3ccccc3S(=O)(=O)N(C)C)ON2C(C)=C1. The molecule has 3 rings (SSSR count). The van der Waals surface area contributed by atoms with E-state index in [0.717, 1.165) is 4.31 Å². The summed E-state index contributed by atoms with van der Waals surface area (Å²) in [4.78, 5) is 12.8. The molecular formula is C15H19N5O6S2. The van der Waals surface area contributed by atoms with Crippen LogP contribution < -0.4 is 4.72 Å². The minimum Gasteiger partial charge on any atom is -0.481 e. The number of ether oxygens (including phenoxy) is 1. The van der Waals surface area contributed by atoms with Crippen LogP contribution in [0.4, 0.5) is 0 Å². The van der Waals surface area contributed by atoms with Gasteiger partial charge < -0.3 is 4.74 Å². The Balaban J connectivity index is 1.93. The standard InChI is InChI=1S/C15H19N5O6S2/c1-10-9-13(25-4)16-14-17-15(26-20(10)14)18-27(21,22)11-7-5-6-8-12(11)28(23,24)19(2)3/h5-9,15,18H,1-4H3. The molecule has 0 saturated heterocycles. The number of methoxy groups -OCH3 is 1. The fourth-order valence-electron chi connectivity index (χ4n) is 2.44. The second kappa shape index (κ2) is 7.25. The molecule has 0 aromatic heterocycles. The molecule has 0 aliphatic carbocycles. The van der Waals surface area contributed by atoms with E-state index in [-0.39, 0.29) is 10.9 Å². The van der Waals surface area contributed by atoms with Gasteiger partial charge in [0, 0.05) is 20.2 Å². The van der Waals surface area contributed by atoms with Crippen molar-refractivity contribution < 1.29 is 26.4 Å². The topological polar surface area (TPSA) is 130 Å². The Morgan fingerprint density at radius 3 is 2.43 bits per heavy atom. The molecular weight excluding hydrogens is 410 g/mol. The predicted octanol–water partition coefficient (Wildman–Crippen LogP) is 0.0643. The first kappa shape index (κ1) is 20.4. The smallest absolute Gasteiger partial charge is 0.257 e. The summed E-state index contributed by atoms with van der Waals surface area (Å²) in [5.74, 6) is 0.403. The molecule has 2 heterocycles. The molecule has 13 heteroatoms. The second-order valence-electron chi connectivity index (χ2n) is 5.98. The van der Waals surface area contributed by atoms with Gasteiger partial charge in [-0.15, -0.1) is 0 Å². The number of sulfonamides is 2. The average molecular weight is 429 g/mol. The van der Waals surface area contributed by atoms with Crippen molar-refractivity contribution >= 4 is 31.9 Å². The van der Waals surface area contributed by atoms with Gasteiger partial charge in [-0.2, -0.15) is 19.8 Å². The van der Waals surface area contributed by atoms with E-state index in [1.807, 2.05) is 0 Å². The molecule has 11 nitrogen and oxygen atoms in total. The Labute approximate surface area is 163 Å². The largest absolute Gasteiger partial charge is 0.481 e. The van der Waals surface area contributed by atoms with Crippen LogP contribution in [0.2, 0.25) is 0 Å². The van der Waals surface area contributed by atoms with Crippen LogP contribution in [0, 0.1) is 0 Å². The van der Waals surface area contributed by atoms with E-state index >= 15 is 0 Å². The number of hydroxylamine groups is 2. The lowest BCUT2D eigenvalue weighted by Crippen LogP contribution is -2.37. The Bertz CT molecular complexity index is 1090. The van der Waals surface area contributed by atoms with Gasteiger partial charge in [0.1, 0.15) is 9.79 Å². The maximum Gasteiger partial charge on any atom is 0.257 e. The van der Waals surface area contributed by atoms with Crippen LogP contribution in [0.3, 0.4) is 0 Å². The first-order valence-electron chi connectivity index (χ1n) is 7.96. The van der Waals surface area contributed by atoms with Crippen molar-refractivity contribution in [2.45, 2.75) is 23.1 Å². The third-order valence-electron chi connectivity index (χ3n) is 3.84. The Kier molecular flexibility index (Phi) is 5.29. The van der Waals surface area contributed by atoms with Crippen molar-refractivity contribution in [1.29, 1.82) is 0 Å². The molecule has 1 aromatic carbocycles. The molecule has 0 amide bonds. The van der Waals surface area contributed by atoms with Gasteiger partial charge >= 0.3 is 0 Å². The molecule has 1 unspecified atom stereocenters. The van der Waals surface area contributed by atoms with Gasteiger partial charge in [-0.1, -0.05) is 12.1 Å². The molecule has 152 valence electrons. The summed E-state index contributed by atoms with van der Waals surface area (Å²) < 4.78 is 58.9. The Morgan fingerprint density at radius 2 is 1.82 bits per heavy atom. The zero-order valence-corrected chi connectivity index (χ0v) is 17.2. The van der Waals surface area contributed by atoms with Crippen LogP contribution in [0.5, 0.6) is 0 Å². The van der Waals surface area contributed by atoms with Crippen LogP contribution in [-0.4, -0.2) is 65.6 Å². The fraction of sp³-hybridized carbons (Fsp3) is 0.333. The van der Waals surface area contributed by atoms with Crippen molar-refractivity contribution in [3.05, 3.63) is 36.0 Å². The van der Waals surface area contributed by atoms with Crippen molar-refractivity contribution in [2.24, 2.45) is 9.98 Å². The third kappa shape index (κ3) is 3.66. The highest BCUT2D eigenvalue weighted by molar-refractivity contribution is 7.92. The molecule has 0 fully saturated rings. The van der Waals surface area contributed by atoms with E-state index in [2.05, 4.69) is 14.7 Å². The zero-order valence-electron chi connectivity index (χ0n) is 15.5. The quantitative estimate of drug-likeness (QED) is 0.701. The normalized spacial score (nSPS) is 19.8. The second-order valence-corrected chi connectivity index (χ2v) is 9.78. The van der Waals surface area contributed by atoms with Crippen molar-refractivity contribution in [1.82, 2.24) is 14.1 Å². The van der Waals surface area contributed by atoms with Gasteiger partial charge in [0.05, 0.1) is 12.8 Å². The van der Waals surface area contributed by atoms with Crippen LogP contribution in [0.1, 0.15) is 6.92 Å². The number of rotatable bonds is 5. The van der Waals surface area contributed by atoms with Crippen molar-refractivity contribution in [3.8, 4) is 0 Å². The number of allylic oxidation sites excluding steroid dienone is 1. The highest BCUT2D eigenvalue weighted by Crippen LogP contribution is 2.25. The fourth-order valence-corrected chi connectivity index (χ4v) is 5.13. The molecule has 2 aliphatic heterocycles. The minimum absolute atomic E-state index is 0.110. The number of fused-ring (bicyclic) bond motifs is 1. The first-order chi connectivity index (χ1) is 13.1. The molecule has 0 radical (unpaired) electrons. The number of aliphatic imine (C=N–C) groups is 2. The minimum atomic E-state index is -4.28. The maximum absolute atomic E-state index is 12.8. The highest BCUT2D eigenvalue weighted by Gasteiger charge is 2.35. The van der Waals surface area contributed by atoms with Gasteiger partial charge in [0.25, 0.3) is 5.96 Å². The number of nitrogens with one attached hydrogen (secondary N) is 1. The Hall–Kier alpha value is -2.32. The molecule has 1 atom stereocenters. The van der Waals surface area contributed by atoms with Gasteiger partial charge in [-0.3, -0.25) is 0 Å². The number of benzene rings is 1. The highest BCUT2D eigenvalue weighted by atomic mass is 32.2. The number of nitrogens with zero attached hydrogens (tertiary/aromatic N) is 4. The summed E-state index contributed by atoms with van der Waals surface area (Å²) in [7, 11) is -4.20. The lowest BCUT2D eigenvalue weighted by Gasteiger charge is -2.21. The van der Waals surface area contributed by atoms with Gasteiger partial charge in [-0.25, -0.2) is 26.0 Å². The van der Waals surface area contributed by atoms with Crippen LogP contribution >= 0.6 is 0 Å². The monoisotopic (exact) mass is 429 g/mol. The van der Waals surface area contributed by atoms with E-state index in [4.69, 9.17) is 9.57 Å². The third-order valence-corrected chi connectivity index (χ3v) is 7.29. The summed E-state index contributed by atoms with van der Waals surface area (Å²) in [5, 5.41) is 1.25. The summed E-state index contributed by atoms with van der Waals surface area (Å²) in [6.07, 6.45) is 0.271. The Morgan fingerprint density at radius 1 is 1.18 bits per heavy atom. The summed E-state index contributed by atoms with van der Waals surface area (Å²) in [5.41, 5.74) is 0.586. The number of guanidine groups is 1. The predicted molar refractivity (Wildman–Crippen MR) is 100.0 cm³/mol. The number of hydrogen-bond donors (Lipinski definition) is 1. The van der Waals surface area contributed by atoms with E-state index in [1.165, 1.54) is 50.5 Å². The van der Waals surface area contributed by atoms with Crippen LogP contribution in [0.25, 0.3) is 0 Å². The first-order valence-corrected chi connectivity index (χ1v) is 10.9. The van der Waals surface area contributed by atoms with E-state index in [0.29, 0.717) is 11.6 Å². The van der Waals surface area contributed by atoms with Crippen LogP contribution in [0.15, 0.2) is 55.8 Å². The molecule has 0 bridgehead atoms. The average Bonchev–Trinajstić information content (AvgIpc) is 3.03. The lowest BCUT2D eigenvalue weighted by atomic mass is 10.4. The molecule has 1 N–H and O–H groups in total. The molecule has 2 aliphatic rings. The summed E-state index contributed by atoms with van der Waals surface area (Å²) in [6, 6.07) is 5.28. The van der Waals surface area contributed by atoms with Crippen molar-refractivity contribution in [2.75, 3.05) is 21.2 Å². The summed E-state index contributed by atoms with van der Waals surface area (Å²) in [6.45, 7) is 1.71. The number of hydrogen-bond acceptors (Lipinski definition) is 9. The van der Waals surface area contributed by atoms with Gasteiger partial charge in [-0.05, 0) is 19.1 Å². The van der Waals surface area contributed by atoms with Crippen LogP contribution in [-0.2, 0) is 29.6 Å². The molecule has 28 heavy (non-hydrogen) atoms. The van der Waals surface area contributed by atoms with E-state index < -0.39 is 31.3 Å². The lowest BCUT2D eigenvalue weighted by molar-refractivity contribution is -0.102. The van der Waals surface area contributed by atoms with E-state index in [1.54, 1.807) is 13.0 Å². The van der Waals surface area contributed by atoms with E-state index in [9.17, 15) is 16.8 Å². The molecule has 0 spiro atoms. The molecule has 1 aromatic rings. The van der Waals surface area contributed by atoms with Crippen molar-refractivity contribution in [3.63, 3.8) is 0 Å². The van der Waals surface area contributed by atoms with Gasteiger partial charge in [0.2, 0.25) is 32.3 Å². The molecule has 0 saturated carbocycles. The zero-order chi connectivity index (χ0) is 20.7. The summed E-state index contributed by atoms with van der Waals surface area (Å²) >= 11 is 0. The van der Waals surface area contributed by atoms with Gasteiger partial charge in [0.15, 0.2) is 0 Å².